The van der Waals surface area contributed by atoms with Crippen molar-refractivity contribution in [1.82, 2.24) is 0 Å². The molecule has 1 aromatic rings. The molecule has 0 fully saturated rings. The fourth-order valence-electron chi connectivity index (χ4n) is 3.06. The van der Waals surface area contributed by atoms with Crippen LogP contribution in [-0.4, -0.2) is 54.7 Å². The van der Waals surface area contributed by atoms with E-state index in [-0.39, 0.29) is 42.0 Å². The summed E-state index contributed by atoms with van der Waals surface area (Å²) in [4.78, 5) is 47.7. The average Bonchev–Trinajstić information content (AvgIpc) is 2.74. The first-order valence-electron chi connectivity index (χ1n) is 11.9. The molecule has 0 aliphatic heterocycles. The number of aliphatic carboxylic acids is 1. The number of ether oxygens (including phenoxy) is 5. The van der Waals surface area contributed by atoms with Gasteiger partial charge in [0.05, 0.1) is 19.3 Å². The number of rotatable bonds is 10. The second-order valence-corrected chi connectivity index (χ2v) is 11.2. The van der Waals surface area contributed by atoms with Gasteiger partial charge in [0.1, 0.15) is 6.04 Å². The van der Waals surface area contributed by atoms with Gasteiger partial charge >= 0.3 is 24.2 Å². The summed E-state index contributed by atoms with van der Waals surface area (Å²) in [6.07, 6.45) is -2.66. The molecule has 0 saturated heterocycles. The van der Waals surface area contributed by atoms with Crippen LogP contribution >= 0.6 is 0 Å². The molecule has 0 spiro atoms. The van der Waals surface area contributed by atoms with Gasteiger partial charge in [0.25, 0.3) is 0 Å². The Morgan fingerprint density at radius 3 is 1.81 bits per heavy atom. The van der Waals surface area contributed by atoms with E-state index in [4.69, 9.17) is 29.4 Å². The van der Waals surface area contributed by atoms with Gasteiger partial charge < -0.3 is 34.5 Å². The van der Waals surface area contributed by atoms with Crippen LogP contribution in [0.3, 0.4) is 0 Å². The summed E-state index contributed by atoms with van der Waals surface area (Å²) in [5.74, 6) is -3.00. The number of hydrogen-bond acceptors (Lipinski definition) is 10. The van der Waals surface area contributed by atoms with E-state index < -0.39 is 42.3 Å². The normalized spacial score (nSPS) is 14.1. The second-order valence-electron chi connectivity index (χ2n) is 11.2. The highest BCUT2D eigenvalue weighted by Gasteiger charge is 2.30. The van der Waals surface area contributed by atoms with E-state index in [0.717, 1.165) is 0 Å². The summed E-state index contributed by atoms with van der Waals surface area (Å²) in [5, 5.41) is 9.54. The summed E-state index contributed by atoms with van der Waals surface area (Å²) in [6, 6.07) is 2.77. The fourth-order valence-corrected chi connectivity index (χ4v) is 3.06. The largest absolute Gasteiger partial charge is 0.513 e. The zero-order chi connectivity index (χ0) is 28.6. The molecule has 0 aliphatic carbocycles. The van der Waals surface area contributed by atoms with Gasteiger partial charge in [-0.15, -0.1) is 0 Å². The Kier molecular flexibility index (Phi) is 11.4. The maximum Gasteiger partial charge on any atom is 0.513 e. The lowest BCUT2D eigenvalue weighted by atomic mass is 9.87. The van der Waals surface area contributed by atoms with Crippen molar-refractivity contribution in [3.8, 4) is 11.5 Å². The van der Waals surface area contributed by atoms with Crippen LogP contribution in [0.2, 0.25) is 0 Å². The number of nitrogens with two attached hydrogens (primary N) is 1. The first kappa shape index (κ1) is 31.7. The van der Waals surface area contributed by atoms with Gasteiger partial charge in [0.2, 0.25) is 0 Å². The van der Waals surface area contributed by atoms with Crippen LogP contribution in [0.15, 0.2) is 18.2 Å². The van der Waals surface area contributed by atoms with Crippen molar-refractivity contribution in [2.45, 2.75) is 79.9 Å². The highest BCUT2D eigenvalue weighted by Crippen LogP contribution is 2.35. The highest BCUT2D eigenvalue weighted by molar-refractivity contribution is 5.75. The summed E-state index contributed by atoms with van der Waals surface area (Å²) < 4.78 is 26.0. The Morgan fingerprint density at radius 2 is 1.38 bits per heavy atom. The molecule has 3 N–H and O–H groups in total. The monoisotopic (exact) mass is 525 g/mol. The maximum atomic E-state index is 12.4. The molecule has 11 heteroatoms. The number of carbonyl (C=O) groups is 4. The van der Waals surface area contributed by atoms with Crippen LogP contribution < -0.4 is 15.2 Å². The van der Waals surface area contributed by atoms with Crippen molar-refractivity contribution < 1.29 is 48.0 Å². The average molecular weight is 526 g/mol. The topological polar surface area (TPSA) is 161 Å². The Labute approximate surface area is 217 Å². The van der Waals surface area contributed by atoms with Gasteiger partial charge in [0, 0.05) is 12.8 Å². The van der Waals surface area contributed by atoms with E-state index in [1.165, 1.54) is 25.1 Å². The minimum absolute atomic E-state index is 0.0573. The summed E-state index contributed by atoms with van der Waals surface area (Å²) in [6.45, 7) is 14.2. The quantitative estimate of drug-likeness (QED) is 0.248. The summed E-state index contributed by atoms with van der Waals surface area (Å²) in [7, 11) is 0. The van der Waals surface area contributed by atoms with Gasteiger partial charge in [-0.1, -0.05) is 47.6 Å². The third-order valence-corrected chi connectivity index (χ3v) is 4.70. The Morgan fingerprint density at radius 1 is 0.892 bits per heavy atom. The SMILES string of the molecule is CC(=O)OC(C)CC(c1ccc(OC(=O)OCC(C)(C)C)c(OC(=O)OCC(C)(C)C)c1)[C@H](N)C(=O)O. The molecule has 0 aliphatic rings. The number of benzene rings is 1. The number of esters is 1. The van der Waals surface area contributed by atoms with Crippen molar-refractivity contribution in [2.24, 2.45) is 16.6 Å². The molecule has 3 atom stereocenters. The predicted molar refractivity (Wildman–Crippen MR) is 134 cm³/mol. The van der Waals surface area contributed by atoms with Crippen molar-refractivity contribution in [1.29, 1.82) is 0 Å². The van der Waals surface area contributed by atoms with E-state index in [2.05, 4.69) is 0 Å². The summed E-state index contributed by atoms with van der Waals surface area (Å²) in [5.41, 5.74) is 5.65. The molecule has 0 bridgehead atoms. The lowest BCUT2D eigenvalue weighted by molar-refractivity contribution is -0.146. The Bertz CT molecular complexity index is 961. The number of carbonyl (C=O) groups excluding carboxylic acids is 3. The molecular formula is C26H39NO10. The molecule has 0 amide bonds. The molecule has 0 radical (unpaired) electrons. The van der Waals surface area contributed by atoms with Crippen LogP contribution in [0.4, 0.5) is 9.59 Å². The van der Waals surface area contributed by atoms with Crippen LogP contribution in [0.5, 0.6) is 11.5 Å². The van der Waals surface area contributed by atoms with Crippen molar-refractivity contribution in [3.05, 3.63) is 23.8 Å². The standard InChI is InChI=1S/C26H39NO10/c1-15(35-16(2)28)11-18(21(27)22(29)30)17-9-10-19(36-23(31)33-13-25(3,4)5)20(12-17)37-24(32)34-14-26(6,7)8/h9-10,12,15,18,21H,11,13-14,27H2,1-8H3,(H,29,30)/t15?,18?,21-/m0/s1. The van der Waals surface area contributed by atoms with E-state index in [0.29, 0.717) is 5.56 Å². The fraction of sp³-hybridized carbons (Fsp3) is 0.615. The van der Waals surface area contributed by atoms with Gasteiger partial charge in [0.15, 0.2) is 11.5 Å². The van der Waals surface area contributed by atoms with Crippen molar-refractivity contribution >= 4 is 24.2 Å². The van der Waals surface area contributed by atoms with Gasteiger partial charge in [-0.3, -0.25) is 9.59 Å². The molecule has 208 valence electrons. The molecule has 1 rings (SSSR count). The molecule has 37 heavy (non-hydrogen) atoms. The van der Waals surface area contributed by atoms with E-state index in [9.17, 15) is 24.3 Å². The minimum Gasteiger partial charge on any atom is -0.480 e. The molecule has 11 nitrogen and oxygen atoms in total. The third-order valence-electron chi connectivity index (χ3n) is 4.70. The predicted octanol–water partition coefficient (Wildman–Crippen LogP) is 4.65. The van der Waals surface area contributed by atoms with Crippen LogP contribution in [0.1, 0.15) is 73.3 Å². The van der Waals surface area contributed by atoms with Crippen LogP contribution in [0, 0.1) is 10.8 Å². The third kappa shape index (κ3) is 12.4. The van der Waals surface area contributed by atoms with E-state index in [1.54, 1.807) is 6.92 Å². The smallest absolute Gasteiger partial charge is 0.480 e. The zero-order valence-corrected chi connectivity index (χ0v) is 22.8. The Hall–Kier alpha value is -3.34. The van der Waals surface area contributed by atoms with Crippen LogP contribution in [-0.2, 0) is 23.8 Å². The van der Waals surface area contributed by atoms with Crippen LogP contribution in [0.25, 0.3) is 0 Å². The Balaban J connectivity index is 3.34. The number of carboxylic acid groups (broad SMARTS) is 1. The first-order valence-corrected chi connectivity index (χ1v) is 11.9. The molecule has 0 aromatic heterocycles. The minimum atomic E-state index is -1.37. The molecule has 0 saturated carbocycles. The maximum absolute atomic E-state index is 12.4. The summed E-state index contributed by atoms with van der Waals surface area (Å²) >= 11 is 0. The van der Waals surface area contributed by atoms with E-state index in [1.807, 2.05) is 41.5 Å². The lowest BCUT2D eigenvalue weighted by Gasteiger charge is -2.25. The lowest BCUT2D eigenvalue weighted by Crippen LogP contribution is -2.38. The number of carboxylic acids is 1. The molecule has 1 aromatic carbocycles. The molecular weight excluding hydrogens is 486 g/mol. The molecule has 2 unspecified atom stereocenters. The number of hydrogen-bond donors (Lipinski definition) is 2. The molecule has 0 heterocycles. The van der Waals surface area contributed by atoms with Crippen molar-refractivity contribution in [3.63, 3.8) is 0 Å². The second kappa shape index (κ2) is 13.3. The van der Waals surface area contributed by atoms with Gasteiger partial charge in [-0.25, -0.2) is 9.59 Å². The van der Waals surface area contributed by atoms with E-state index >= 15 is 0 Å². The highest BCUT2D eigenvalue weighted by atomic mass is 16.7. The van der Waals surface area contributed by atoms with Gasteiger partial charge in [-0.2, -0.15) is 0 Å². The van der Waals surface area contributed by atoms with Gasteiger partial charge in [-0.05, 0) is 41.9 Å². The van der Waals surface area contributed by atoms with Crippen molar-refractivity contribution in [2.75, 3.05) is 13.2 Å². The first-order chi connectivity index (χ1) is 16.9. The zero-order valence-electron chi connectivity index (χ0n) is 22.8.